The van der Waals surface area contributed by atoms with Crippen LogP contribution in [0.15, 0.2) is 18.2 Å². The molecule has 0 N–H and O–H groups in total. The van der Waals surface area contributed by atoms with Crippen LogP contribution >= 0.6 is 0 Å². The van der Waals surface area contributed by atoms with E-state index in [1.165, 1.54) is 32.4 Å². The minimum absolute atomic E-state index is 0.789. The number of benzene rings is 1. The molecule has 0 unspecified atom stereocenters. The predicted octanol–water partition coefficient (Wildman–Crippen LogP) is 3.65. The van der Waals surface area contributed by atoms with Gasteiger partial charge in [-0.25, -0.2) is 0 Å². The van der Waals surface area contributed by atoms with Crippen LogP contribution in [0.25, 0.3) is 10.9 Å². The molecule has 1 aliphatic rings. The van der Waals surface area contributed by atoms with Gasteiger partial charge in [0, 0.05) is 28.7 Å². The number of likely N-dealkylation sites (tertiary alicyclic amines) is 1. The Hall–Kier alpha value is -1.81. The number of hydrogen-bond donors (Lipinski definition) is 0. The summed E-state index contributed by atoms with van der Waals surface area (Å²) in [5.41, 5.74) is 2.97. The van der Waals surface area contributed by atoms with Crippen molar-refractivity contribution in [2.45, 2.75) is 39.2 Å². The summed E-state index contributed by atoms with van der Waals surface area (Å²) in [5.74, 6) is 0.797. The van der Waals surface area contributed by atoms with Crippen molar-refractivity contribution in [2.24, 2.45) is 0 Å². The number of carbonyl (C=O) groups is 1. The highest BCUT2D eigenvalue weighted by molar-refractivity contribution is 6.00. The molecule has 0 radical (unpaired) electrons. The first-order valence-corrected chi connectivity index (χ1v) is 8.59. The number of aldehydes is 1. The van der Waals surface area contributed by atoms with Gasteiger partial charge in [0.1, 0.15) is 5.75 Å². The van der Waals surface area contributed by atoms with E-state index in [0.717, 1.165) is 53.7 Å². The Morgan fingerprint density at radius 3 is 2.65 bits per heavy atom. The smallest absolute Gasteiger partial charge is 0.152 e. The largest absolute Gasteiger partial charge is 0.497 e. The van der Waals surface area contributed by atoms with Gasteiger partial charge in [-0.1, -0.05) is 6.42 Å². The molecular weight excluding hydrogens is 288 g/mol. The van der Waals surface area contributed by atoms with Gasteiger partial charge >= 0.3 is 0 Å². The van der Waals surface area contributed by atoms with Crippen LogP contribution < -0.4 is 4.74 Å². The highest BCUT2D eigenvalue weighted by Gasteiger charge is 2.15. The number of fused-ring (bicyclic) bond motifs is 1. The summed E-state index contributed by atoms with van der Waals surface area (Å²) in [6, 6.07) is 6.00. The van der Waals surface area contributed by atoms with Crippen molar-refractivity contribution in [3.8, 4) is 5.75 Å². The zero-order valence-corrected chi connectivity index (χ0v) is 14.2. The maximum absolute atomic E-state index is 11.5. The molecule has 2 aromatic rings. The second kappa shape index (κ2) is 7.18. The Bertz CT molecular complexity index is 684. The molecule has 0 spiro atoms. The number of hydrogen-bond acceptors (Lipinski definition) is 3. The standard InChI is InChI=1S/C19H26N2O2/c1-15-18(14-22)17-13-16(23-2)7-8-19(17)21(15)12-6-11-20-9-4-3-5-10-20/h7-8,13-14H,3-6,9-12H2,1-2H3. The van der Waals surface area contributed by atoms with E-state index in [1.54, 1.807) is 7.11 Å². The van der Waals surface area contributed by atoms with Crippen LogP contribution in [0.5, 0.6) is 5.75 Å². The lowest BCUT2D eigenvalue weighted by molar-refractivity contribution is 0.112. The van der Waals surface area contributed by atoms with E-state index in [4.69, 9.17) is 4.74 Å². The highest BCUT2D eigenvalue weighted by Crippen LogP contribution is 2.28. The van der Waals surface area contributed by atoms with Gasteiger partial charge in [0.2, 0.25) is 0 Å². The fraction of sp³-hybridized carbons (Fsp3) is 0.526. The number of piperidine rings is 1. The maximum Gasteiger partial charge on any atom is 0.152 e. The molecule has 0 atom stereocenters. The van der Waals surface area contributed by atoms with E-state index in [-0.39, 0.29) is 0 Å². The van der Waals surface area contributed by atoms with Crippen molar-refractivity contribution in [1.82, 2.24) is 9.47 Å². The number of methoxy groups -OCH3 is 1. The molecule has 2 heterocycles. The quantitative estimate of drug-likeness (QED) is 0.763. The van der Waals surface area contributed by atoms with Gasteiger partial charge in [0.05, 0.1) is 7.11 Å². The number of ether oxygens (including phenoxy) is 1. The van der Waals surface area contributed by atoms with E-state index < -0.39 is 0 Å². The topological polar surface area (TPSA) is 34.5 Å². The van der Waals surface area contributed by atoms with Crippen molar-refractivity contribution >= 4 is 17.2 Å². The Kier molecular flexibility index (Phi) is 5.01. The Morgan fingerprint density at radius 1 is 1.17 bits per heavy atom. The zero-order valence-electron chi connectivity index (χ0n) is 14.2. The van der Waals surface area contributed by atoms with E-state index in [1.807, 2.05) is 19.1 Å². The number of carbonyl (C=O) groups excluding carboxylic acids is 1. The summed E-state index contributed by atoms with van der Waals surface area (Å²) < 4.78 is 7.58. The lowest BCUT2D eigenvalue weighted by Gasteiger charge is -2.26. The van der Waals surface area contributed by atoms with Crippen LogP contribution in [-0.4, -0.2) is 42.5 Å². The molecule has 4 nitrogen and oxygen atoms in total. The summed E-state index contributed by atoms with van der Waals surface area (Å²) in [6.07, 6.45) is 6.14. The summed E-state index contributed by atoms with van der Waals surface area (Å²) in [4.78, 5) is 14.1. The zero-order chi connectivity index (χ0) is 16.2. The van der Waals surface area contributed by atoms with Gasteiger partial charge in [-0.2, -0.15) is 0 Å². The van der Waals surface area contributed by atoms with E-state index in [9.17, 15) is 4.79 Å². The molecular formula is C19H26N2O2. The van der Waals surface area contributed by atoms with E-state index in [2.05, 4.69) is 15.5 Å². The molecule has 1 fully saturated rings. The van der Waals surface area contributed by atoms with Crippen molar-refractivity contribution in [1.29, 1.82) is 0 Å². The third-order valence-corrected chi connectivity index (χ3v) is 5.00. The van der Waals surface area contributed by atoms with E-state index in [0.29, 0.717) is 0 Å². The lowest BCUT2D eigenvalue weighted by atomic mass is 10.1. The van der Waals surface area contributed by atoms with Gasteiger partial charge in [-0.05, 0) is 64.0 Å². The summed E-state index contributed by atoms with van der Waals surface area (Å²) in [7, 11) is 1.66. The predicted molar refractivity (Wildman–Crippen MR) is 93.5 cm³/mol. The van der Waals surface area contributed by atoms with Crippen LogP contribution in [0.2, 0.25) is 0 Å². The molecule has 4 heteroatoms. The third kappa shape index (κ3) is 3.27. The first kappa shape index (κ1) is 16.1. The first-order chi connectivity index (χ1) is 11.2. The molecule has 23 heavy (non-hydrogen) atoms. The molecule has 1 saturated heterocycles. The monoisotopic (exact) mass is 314 g/mol. The minimum Gasteiger partial charge on any atom is -0.497 e. The number of aromatic nitrogens is 1. The van der Waals surface area contributed by atoms with Gasteiger partial charge < -0.3 is 14.2 Å². The molecule has 1 aromatic carbocycles. The van der Waals surface area contributed by atoms with Crippen LogP contribution in [0.3, 0.4) is 0 Å². The number of nitrogens with zero attached hydrogens (tertiary/aromatic N) is 2. The second-order valence-corrected chi connectivity index (χ2v) is 6.41. The highest BCUT2D eigenvalue weighted by atomic mass is 16.5. The van der Waals surface area contributed by atoms with Crippen molar-refractivity contribution in [2.75, 3.05) is 26.7 Å². The van der Waals surface area contributed by atoms with Gasteiger partial charge in [0.25, 0.3) is 0 Å². The van der Waals surface area contributed by atoms with Crippen molar-refractivity contribution < 1.29 is 9.53 Å². The first-order valence-electron chi connectivity index (χ1n) is 8.59. The number of aryl methyl sites for hydroxylation is 1. The minimum atomic E-state index is 0.789. The van der Waals surface area contributed by atoms with Crippen molar-refractivity contribution in [3.63, 3.8) is 0 Å². The molecule has 0 saturated carbocycles. The lowest BCUT2D eigenvalue weighted by Crippen LogP contribution is -2.31. The molecule has 0 bridgehead atoms. The van der Waals surface area contributed by atoms with Crippen LogP contribution in [-0.2, 0) is 6.54 Å². The summed E-state index contributed by atoms with van der Waals surface area (Å²) in [5, 5.41) is 0.995. The fourth-order valence-corrected chi connectivity index (χ4v) is 3.69. The Morgan fingerprint density at radius 2 is 1.96 bits per heavy atom. The maximum atomic E-state index is 11.5. The molecule has 0 amide bonds. The van der Waals surface area contributed by atoms with Gasteiger partial charge in [-0.15, -0.1) is 0 Å². The average molecular weight is 314 g/mol. The Balaban J connectivity index is 1.79. The molecule has 3 rings (SSSR count). The summed E-state index contributed by atoms with van der Waals surface area (Å²) in [6.45, 7) is 6.62. The number of rotatable bonds is 6. The second-order valence-electron chi connectivity index (χ2n) is 6.41. The molecule has 1 aromatic heterocycles. The van der Waals surface area contributed by atoms with Crippen molar-refractivity contribution in [3.05, 3.63) is 29.5 Å². The van der Waals surface area contributed by atoms with Gasteiger partial charge in [-0.3, -0.25) is 4.79 Å². The van der Waals surface area contributed by atoms with E-state index >= 15 is 0 Å². The van der Waals surface area contributed by atoms with Gasteiger partial charge in [0.15, 0.2) is 6.29 Å². The fourth-order valence-electron chi connectivity index (χ4n) is 3.69. The molecule has 124 valence electrons. The average Bonchev–Trinajstić information content (AvgIpc) is 2.86. The van der Waals surface area contributed by atoms with Crippen LogP contribution in [0, 0.1) is 6.92 Å². The Labute approximate surface area is 138 Å². The third-order valence-electron chi connectivity index (χ3n) is 5.00. The SMILES string of the molecule is COc1ccc2c(c1)c(C=O)c(C)n2CCCN1CCCCC1. The van der Waals surface area contributed by atoms with Crippen LogP contribution in [0.1, 0.15) is 41.7 Å². The van der Waals surface area contributed by atoms with Crippen LogP contribution in [0.4, 0.5) is 0 Å². The molecule has 1 aliphatic heterocycles. The molecule has 0 aliphatic carbocycles. The normalized spacial score (nSPS) is 15.9. The summed E-state index contributed by atoms with van der Waals surface area (Å²) >= 11 is 0.